The molecule has 47 heavy (non-hydrogen) atoms. The lowest BCUT2D eigenvalue weighted by Gasteiger charge is -2.24. The molecule has 4 rings (SSSR count). The highest BCUT2D eigenvalue weighted by Gasteiger charge is 2.31. The van der Waals surface area contributed by atoms with Crippen molar-refractivity contribution in [2.45, 2.75) is 46.6 Å². The van der Waals surface area contributed by atoms with Gasteiger partial charge < -0.3 is 14.8 Å². The van der Waals surface area contributed by atoms with Crippen LogP contribution < -0.4 is 19.7 Å². The van der Waals surface area contributed by atoms with Gasteiger partial charge in [0.1, 0.15) is 30.3 Å². The Hall–Kier alpha value is -4.99. The molecule has 16 heteroatoms. The molecule has 0 bridgehead atoms. The first-order valence-electron chi connectivity index (χ1n) is 14.0. The Morgan fingerprint density at radius 2 is 1.83 bits per heavy atom. The molecular formula is C31H29F5N6O4S. The van der Waals surface area contributed by atoms with Gasteiger partial charge in [-0.15, -0.1) is 18.3 Å². The fourth-order valence-electron chi connectivity index (χ4n) is 4.21. The number of thioether (sulfide) groups is 1. The van der Waals surface area contributed by atoms with Crippen LogP contribution in [0.5, 0.6) is 11.8 Å². The number of halogens is 5. The molecule has 0 saturated carbocycles. The summed E-state index contributed by atoms with van der Waals surface area (Å²) >= 11 is 1.11. The maximum Gasteiger partial charge on any atom is 0.573 e. The molecule has 3 amide bonds. The number of urea groups is 1. The molecular weight excluding hydrogens is 647 g/mol. The van der Waals surface area contributed by atoms with Gasteiger partial charge in [-0.25, -0.2) is 18.3 Å². The zero-order chi connectivity index (χ0) is 34.3. The summed E-state index contributed by atoms with van der Waals surface area (Å²) in [5, 5.41) is 6.49. The summed E-state index contributed by atoms with van der Waals surface area (Å²) in [6.07, 6.45) is -3.04. The molecule has 4 aromatic rings. The van der Waals surface area contributed by atoms with E-state index >= 15 is 0 Å². The number of ether oxygens (including phenoxy) is 2. The Bertz CT molecular complexity index is 1760. The van der Waals surface area contributed by atoms with Gasteiger partial charge in [-0.2, -0.15) is 9.98 Å². The number of amides is 3. The van der Waals surface area contributed by atoms with Crippen LogP contribution in [0.4, 0.5) is 38.1 Å². The van der Waals surface area contributed by atoms with Crippen molar-refractivity contribution in [3.63, 3.8) is 0 Å². The quantitative estimate of drug-likeness (QED) is 0.0791. The summed E-state index contributed by atoms with van der Waals surface area (Å²) in [4.78, 5) is 34.2. The number of benzene rings is 3. The minimum absolute atomic E-state index is 0.0239. The van der Waals surface area contributed by atoms with Crippen molar-refractivity contribution in [2.24, 2.45) is 4.99 Å². The normalized spacial score (nSPS) is 11.8. The van der Waals surface area contributed by atoms with Crippen molar-refractivity contribution in [2.75, 3.05) is 16.0 Å². The van der Waals surface area contributed by atoms with Crippen LogP contribution in [-0.2, 0) is 11.4 Å². The van der Waals surface area contributed by atoms with Crippen LogP contribution in [0.15, 0.2) is 65.9 Å². The van der Waals surface area contributed by atoms with Gasteiger partial charge in [-0.05, 0) is 83.8 Å². The predicted molar refractivity (Wildman–Crippen MR) is 167 cm³/mol. The van der Waals surface area contributed by atoms with Crippen LogP contribution in [0.2, 0.25) is 0 Å². The average Bonchev–Trinajstić information content (AvgIpc) is 3.48. The summed E-state index contributed by atoms with van der Waals surface area (Å²) in [5.41, 5.74) is 1.82. The SMILES string of the molecule is CCS/C(=N\C(=O)Nc1ccc(COc2ncn(-c3ccc(OC(F)(F)F)cc3)n2)cc1F)N(C=O)c1cc(C)c(F)cc1C(C)C. The second-order valence-electron chi connectivity index (χ2n) is 10.2. The van der Waals surface area contributed by atoms with E-state index < -0.39 is 29.8 Å². The standard InChI is InChI=1S/C31H29F5N6O4S/c1-5-47-30(41(17-43)27-12-19(4)24(32)14-23(27)18(2)3)39-28(44)38-26-11-6-20(13-25(26)33)15-45-29-37-16-42(40-29)21-7-9-22(10-8-21)46-31(34,35)36/h6-14,16-18H,5,15H2,1-4H3,(H,38,44)/b39-30-. The van der Waals surface area contributed by atoms with E-state index in [1.807, 2.05) is 13.8 Å². The lowest BCUT2D eigenvalue weighted by Crippen LogP contribution is -2.30. The lowest BCUT2D eigenvalue weighted by molar-refractivity contribution is -0.274. The van der Waals surface area contributed by atoms with E-state index in [1.54, 1.807) is 13.8 Å². The monoisotopic (exact) mass is 676 g/mol. The first-order chi connectivity index (χ1) is 22.3. The number of hydrogen-bond acceptors (Lipinski definition) is 7. The number of nitrogens with zero attached hydrogens (tertiary/aromatic N) is 5. The summed E-state index contributed by atoms with van der Waals surface area (Å²) < 4.78 is 77.0. The molecule has 10 nitrogen and oxygen atoms in total. The van der Waals surface area contributed by atoms with Crippen molar-refractivity contribution >= 4 is 40.7 Å². The average molecular weight is 677 g/mol. The number of amidine groups is 1. The highest BCUT2D eigenvalue weighted by Crippen LogP contribution is 2.32. The Morgan fingerprint density at radius 3 is 2.45 bits per heavy atom. The number of anilines is 2. The number of hydrogen-bond donors (Lipinski definition) is 1. The minimum atomic E-state index is -4.81. The Balaban J connectivity index is 1.42. The molecule has 0 spiro atoms. The van der Waals surface area contributed by atoms with Crippen molar-refractivity contribution in [1.29, 1.82) is 0 Å². The van der Waals surface area contributed by atoms with Crippen LogP contribution in [0.25, 0.3) is 5.69 Å². The number of rotatable bonds is 10. The number of aliphatic imine (C=N–C) groups is 1. The van der Waals surface area contributed by atoms with Crippen molar-refractivity contribution in [1.82, 2.24) is 14.8 Å². The fourth-order valence-corrected chi connectivity index (χ4v) is 4.90. The first-order valence-corrected chi connectivity index (χ1v) is 15.0. The van der Waals surface area contributed by atoms with E-state index in [2.05, 4.69) is 25.1 Å². The van der Waals surface area contributed by atoms with Crippen LogP contribution in [0.1, 0.15) is 43.4 Å². The van der Waals surface area contributed by atoms with Crippen LogP contribution in [-0.4, -0.2) is 44.5 Å². The summed E-state index contributed by atoms with van der Waals surface area (Å²) in [6.45, 7) is 6.90. The molecule has 248 valence electrons. The van der Waals surface area contributed by atoms with Gasteiger partial charge in [0.05, 0.1) is 17.1 Å². The molecule has 1 heterocycles. The van der Waals surface area contributed by atoms with Gasteiger partial charge in [0.15, 0.2) is 5.17 Å². The molecule has 0 atom stereocenters. The minimum Gasteiger partial charge on any atom is -0.458 e. The highest BCUT2D eigenvalue weighted by atomic mass is 32.2. The Kier molecular flexibility index (Phi) is 11.2. The third-order valence-electron chi connectivity index (χ3n) is 6.42. The third-order valence-corrected chi connectivity index (χ3v) is 7.26. The van der Waals surface area contributed by atoms with Crippen molar-refractivity contribution < 1.29 is 41.0 Å². The summed E-state index contributed by atoms with van der Waals surface area (Å²) in [7, 11) is 0. The Labute approximate surface area is 270 Å². The smallest absolute Gasteiger partial charge is 0.458 e. The van der Waals surface area contributed by atoms with Gasteiger partial charge in [-0.1, -0.05) is 38.6 Å². The van der Waals surface area contributed by atoms with E-state index in [0.717, 1.165) is 30.0 Å². The number of aryl methyl sites for hydroxylation is 1. The largest absolute Gasteiger partial charge is 0.573 e. The molecule has 0 saturated heterocycles. The highest BCUT2D eigenvalue weighted by molar-refractivity contribution is 8.14. The van der Waals surface area contributed by atoms with Crippen LogP contribution in [0.3, 0.4) is 0 Å². The van der Waals surface area contributed by atoms with Crippen LogP contribution in [0, 0.1) is 18.6 Å². The van der Waals surface area contributed by atoms with Crippen molar-refractivity contribution in [3.8, 4) is 17.4 Å². The third kappa shape index (κ3) is 9.28. The number of carbonyl (C=O) groups excluding carboxylic acids is 2. The summed E-state index contributed by atoms with van der Waals surface area (Å²) in [5.74, 6) is -1.30. The molecule has 1 N–H and O–H groups in total. The molecule has 0 aliphatic carbocycles. The maximum atomic E-state index is 15.0. The molecule has 3 aromatic carbocycles. The van der Waals surface area contributed by atoms with Crippen molar-refractivity contribution in [3.05, 3.63) is 89.2 Å². The first kappa shape index (κ1) is 34.9. The number of carbonyl (C=O) groups is 2. The number of nitrogens with one attached hydrogen (secondary N) is 1. The molecule has 0 unspecified atom stereocenters. The van der Waals surface area contributed by atoms with E-state index in [9.17, 15) is 31.5 Å². The van der Waals surface area contributed by atoms with Gasteiger partial charge >= 0.3 is 18.4 Å². The van der Waals surface area contributed by atoms with E-state index in [1.165, 1.54) is 52.3 Å². The lowest BCUT2D eigenvalue weighted by atomic mass is 9.98. The van der Waals surface area contributed by atoms with Gasteiger partial charge in [0.2, 0.25) is 6.41 Å². The zero-order valence-corrected chi connectivity index (χ0v) is 26.3. The van der Waals surface area contributed by atoms with E-state index in [4.69, 9.17) is 4.74 Å². The van der Waals surface area contributed by atoms with E-state index in [0.29, 0.717) is 40.2 Å². The fraction of sp³-hybridized carbons (Fsp3) is 0.258. The molecule has 1 aromatic heterocycles. The second-order valence-corrected chi connectivity index (χ2v) is 11.4. The number of alkyl halides is 3. The maximum absolute atomic E-state index is 15.0. The van der Waals surface area contributed by atoms with Gasteiger partial charge in [-0.3, -0.25) is 9.69 Å². The summed E-state index contributed by atoms with van der Waals surface area (Å²) in [6, 6.07) is 10.7. The second kappa shape index (κ2) is 15.1. The van der Waals surface area contributed by atoms with E-state index in [-0.39, 0.29) is 29.4 Å². The van der Waals surface area contributed by atoms with Gasteiger partial charge in [0.25, 0.3) is 0 Å². The van der Waals surface area contributed by atoms with Gasteiger partial charge in [0, 0.05) is 0 Å². The molecule has 0 radical (unpaired) electrons. The molecule has 0 fully saturated rings. The Morgan fingerprint density at radius 1 is 1.11 bits per heavy atom. The molecule has 0 aliphatic rings. The molecule has 0 aliphatic heterocycles. The topological polar surface area (TPSA) is 111 Å². The van der Waals surface area contributed by atoms with Crippen LogP contribution >= 0.6 is 11.8 Å². The number of aromatic nitrogens is 3. The predicted octanol–water partition coefficient (Wildman–Crippen LogP) is 7.76. The zero-order valence-electron chi connectivity index (χ0n) is 25.5.